The summed E-state index contributed by atoms with van der Waals surface area (Å²) < 4.78 is 1.33. The Bertz CT molecular complexity index is 781. The van der Waals surface area contributed by atoms with E-state index in [4.69, 9.17) is 29.0 Å². The Balaban J connectivity index is 1.89. The van der Waals surface area contributed by atoms with E-state index in [1.807, 2.05) is 6.92 Å². The van der Waals surface area contributed by atoms with E-state index >= 15 is 0 Å². The summed E-state index contributed by atoms with van der Waals surface area (Å²) in [7, 11) is 0. The lowest BCUT2D eigenvalue weighted by molar-refractivity contribution is -0.119. The highest BCUT2D eigenvalue weighted by Crippen LogP contribution is 2.30. The van der Waals surface area contributed by atoms with E-state index in [2.05, 4.69) is 29.4 Å². The van der Waals surface area contributed by atoms with Crippen LogP contribution >= 0.6 is 35.0 Å². The highest BCUT2D eigenvalue weighted by Gasteiger charge is 2.16. The van der Waals surface area contributed by atoms with Crippen molar-refractivity contribution in [2.75, 3.05) is 11.6 Å². The van der Waals surface area contributed by atoms with E-state index < -0.39 is 0 Å². The molecule has 0 aliphatic rings. The molecule has 1 amide bonds. The molecule has 1 aromatic heterocycles. The lowest BCUT2D eigenvalue weighted by Gasteiger charge is -2.14. The number of benzene rings is 1. The van der Waals surface area contributed by atoms with E-state index in [0.29, 0.717) is 32.5 Å². The number of carbonyl (C=O) groups is 1. The van der Waals surface area contributed by atoms with Gasteiger partial charge < -0.3 is 11.2 Å². The number of rotatable bonds is 9. The summed E-state index contributed by atoms with van der Waals surface area (Å²) in [5.41, 5.74) is 0.631. The van der Waals surface area contributed by atoms with Crippen molar-refractivity contribution in [1.82, 2.24) is 20.2 Å². The summed E-state index contributed by atoms with van der Waals surface area (Å²) in [6.07, 6.45) is 3.25. The van der Waals surface area contributed by atoms with E-state index in [-0.39, 0.29) is 17.7 Å². The predicted octanol–water partition coefficient (Wildman–Crippen LogP) is 4.39. The fraction of sp³-hybridized carbons (Fsp3) is 0.500. The maximum atomic E-state index is 12.1. The zero-order valence-electron chi connectivity index (χ0n) is 15.7. The zero-order valence-corrected chi connectivity index (χ0v) is 18.0. The van der Waals surface area contributed by atoms with Gasteiger partial charge >= 0.3 is 0 Å². The van der Waals surface area contributed by atoms with Crippen molar-refractivity contribution in [3.05, 3.63) is 28.2 Å². The molecule has 0 aliphatic carbocycles. The van der Waals surface area contributed by atoms with Crippen molar-refractivity contribution in [2.45, 2.75) is 51.2 Å². The Morgan fingerprint density at radius 3 is 2.67 bits per heavy atom. The number of carbonyl (C=O) groups excluding carboxylic acids is 1. The second-order valence-electron chi connectivity index (χ2n) is 6.88. The minimum atomic E-state index is -0.0499. The van der Waals surface area contributed by atoms with Crippen LogP contribution in [0.15, 0.2) is 23.4 Å². The lowest BCUT2D eigenvalue weighted by Crippen LogP contribution is -2.34. The van der Waals surface area contributed by atoms with Crippen LogP contribution in [0.5, 0.6) is 0 Å². The molecule has 0 saturated carbocycles. The molecule has 0 spiro atoms. The minimum absolute atomic E-state index is 0.0499. The molecular formula is C18H25Cl2N5OS. The van der Waals surface area contributed by atoms with Gasteiger partial charge in [-0.3, -0.25) is 4.79 Å². The van der Waals surface area contributed by atoms with Gasteiger partial charge in [0, 0.05) is 16.6 Å². The molecular weight excluding hydrogens is 405 g/mol. The number of nitrogens with one attached hydrogen (secondary N) is 1. The number of nitrogens with two attached hydrogens (primary N) is 1. The molecule has 148 valence electrons. The average Bonchev–Trinajstić information content (AvgIpc) is 2.93. The van der Waals surface area contributed by atoms with Crippen molar-refractivity contribution in [1.29, 1.82) is 0 Å². The Kier molecular flexibility index (Phi) is 8.26. The molecule has 9 heteroatoms. The third kappa shape index (κ3) is 6.59. The van der Waals surface area contributed by atoms with Gasteiger partial charge in [-0.05, 0) is 37.5 Å². The van der Waals surface area contributed by atoms with Crippen molar-refractivity contribution < 1.29 is 4.79 Å². The quantitative estimate of drug-likeness (QED) is 0.455. The largest absolute Gasteiger partial charge is 0.353 e. The van der Waals surface area contributed by atoms with Gasteiger partial charge in [0.15, 0.2) is 5.82 Å². The number of nitrogens with zero attached hydrogens (tertiary/aromatic N) is 3. The molecule has 27 heavy (non-hydrogen) atoms. The standard InChI is InChI=1S/C18H25Cl2N5OS/c1-11(2)5-4-6-12(3)22-16(26)10-27-18-24-23-17(25(18)21)14-8-7-13(19)9-15(14)20/h7-9,11-12H,4-6,10,21H2,1-3H3,(H,22,26). The van der Waals surface area contributed by atoms with E-state index in [0.717, 1.165) is 12.8 Å². The van der Waals surface area contributed by atoms with Gasteiger partial charge in [-0.15, -0.1) is 10.2 Å². The molecule has 0 saturated heterocycles. The molecule has 0 aliphatic heterocycles. The number of aromatic nitrogens is 3. The van der Waals surface area contributed by atoms with Gasteiger partial charge in [0.25, 0.3) is 0 Å². The monoisotopic (exact) mass is 429 g/mol. The van der Waals surface area contributed by atoms with Crippen molar-refractivity contribution in [2.24, 2.45) is 5.92 Å². The van der Waals surface area contributed by atoms with E-state index in [1.165, 1.54) is 22.9 Å². The molecule has 0 bridgehead atoms. The average molecular weight is 430 g/mol. The molecule has 3 N–H and O–H groups in total. The minimum Gasteiger partial charge on any atom is -0.353 e. The Morgan fingerprint density at radius 2 is 2.00 bits per heavy atom. The van der Waals surface area contributed by atoms with Gasteiger partial charge in [0.05, 0.1) is 10.8 Å². The third-order valence-electron chi connectivity index (χ3n) is 3.99. The van der Waals surface area contributed by atoms with Crippen LogP contribution in [0, 0.1) is 5.92 Å². The van der Waals surface area contributed by atoms with Crippen LogP contribution < -0.4 is 11.2 Å². The molecule has 0 fully saturated rings. The molecule has 1 heterocycles. The Labute approximate surface area is 174 Å². The molecule has 1 atom stereocenters. The fourth-order valence-corrected chi connectivity index (χ4v) is 3.74. The maximum Gasteiger partial charge on any atom is 0.230 e. The van der Waals surface area contributed by atoms with Crippen molar-refractivity contribution in [3.8, 4) is 11.4 Å². The molecule has 2 rings (SSSR count). The molecule has 2 aromatic rings. The lowest BCUT2D eigenvalue weighted by atomic mass is 10.0. The first-order valence-electron chi connectivity index (χ1n) is 8.86. The van der Waals surface area contributed by atoms with E-state index in [9.17, 15) is 4.79 Å². The molecule has 0 radical (unpaired) electrons. The van der Waals surface area contributed by atoms with Crippen molar-refractivity contribution >= 4 is 40.9 Å². The smallest absolute Gasteiger partial charge is 0.230 e. The first-order chi connectivity index (χ1) is 12.8. The summed E-state index contributed by atoms with van der Waals surface area (Å²) in [5.74, 6) is 7.34. The van der Waals surface area contributed by atoms with Crippen LogP contribution in [0.4, 0.5) is 0 Å². The Hall–Kier alpha value is -1.44. The van der Waals surface area contributed by atoms with E-state index in [1.54, 1.807) is 18.2 Å². The first kappa shape index (κ1) is 21.9. The van der Waals surface area contributed by atoms with Gasteiger partial charge in [-0.25, -0.2) is 4.68 Å². The number of halogens is 2. The van der Waals surface area contributed by atoms with Gasteiger partial charge in [-0.1, -0.05) is 61.7 Å². The van der Waals surface area contributed by atoms with Crippen LogP contribution in [0.25, 0.3) is 11.4 Å². The highest BCUT2D eigenvalue weighted by atomic mass is 35.5. The predicted molar refractivity (Wildman–Crippen MR) is 113 cm³/mol. The number of nitrogen functional groups attached to an aromatic ring is 1. The third-order valence-corrected chi connectivity index (χ3v) is 5.49. The number of thioether (sulfide) groups is 1. The summed E-state index contributed by atoms with van der Waals surface area (Å²) in [6.45, 7) is 6.43. The van der Waals surface area contributed by atoms with Crippen LogP contribution in [-0.4, -0.2) is 32.6 Å². The van der Waals surface area contributed by atoms with Gasteiger partial charge in [0.1, 0.15) is 0 Å². The molecule has 1 aromatic carbocycles. The second-order valence-corrected chi connectivity index (χ2v) is 8.67. The summed E-state index contributed by atoms with van der Waals surface area (Å²) >= 11 is 13.3. The second kappa shape index (κ2) is 10.2. The SMILES string of the molecule is CC(C)CCCC(C)NC(=O)CSc1nnc(-c2ccc(Cl)cc2Cl)n1N. The summed E-state index contributed by atoms with van der Waals surface area (Å²) in [6, 6.07) is 5.21. The maximum absolute atomic E-state index is 12.1. The Morgan fingerprint density at radius 1 is 1.26 bits per heavy atom. The fourth-order valence-electron chi connectivity index (χ4n) is 2.58. The zero-order chi connectivity index (χ0) is 20.0. The summed E-state index contributed by atoms with van der Waals surface area (Å²) in [4.78, 5) is 12.1. The first-order valence-corrected chi connectivity index (χ1v) is 10.6. The topological polar surface area (TPSA) is 85.8 Å². The van der Waals surface area contributed by atoms with Crippen LogP contribution in [0.1, 0.15) is 40.0 Å². The number of amides is 1. The van der Waals surface area contributed by atoms with Crippen LogP contribution in [0.3, 0.4) is 0 Å². The van der Waals surface area contributed by atoms with Crippen molar-refractivity contribution in [3.63, 3.8) is 0 Å². The number of hydrogen-bond acceptors (Lipinski definition) is 5. The van der Waals surface area contributed by atoms with Crippen LogP contribution in [-0.2, 0) is 4.79 Å². The highest BCUT2D eigenvalue weighted by molar-refractivity contribution is 7.99. The number of hydrogen-bond donors (Lipinski definition) is 2. The summed E-state index contributed by atoms with van der Waals surface area (Å²) in [5, 5.41) is 12.5. The van der Waals surface area contributed by atoms with Gasteiger partial charge in [-0.2, -0.15) is 0 Å². The normalized spacial score (nSPS) is 12.4. The molecule has 1 unspecified atom stereocenters. The molecule has 6 nitrogen and oxygen atoms in total. The van der Waals surface area contributed by atoms with Gasteiger partial charge in [0.2, 0.25) is 11.1 Å². The van der Waals surface area contributed by atoms with Crippen LogP contribution in [0.2, 0.25) is 10.0 Å².